The number of carboxylic acid groups (broad SMARTS) is 1. The number of sulfonamides is 1. The topological polar surface area (TPSA) is 196 Å². The summed E-state index contributed by atoms with van der Waals surface area (Å²) < 4.78 is 29.1. The number of hydrogen-bond acceptors (Lipinski definition) is 9. The molecule has 55 heavy (non-hydrogen) atoms. The number of aliphatic hydroxyl groups is 1. The Bertz CT molecular complexity index is 1880. The average Bonchev–Trinajstić information content (AvgIpc) is 3.49. The second kappa shape index (κ2) is 19.5. The van der Waals surface area contributed by atoms with E-state index in [4.69, 9.17) is 5.21 Å². The third-order valence-corrected chi connectivity index (χ3v) is 11.5. The second-order valence-corrected chi connectivity index (χ2v) is 16.3. The first-order valence-electron chi connectivity index (χ1n) is 18.4. The summed E-state index contributed by atoms with van der Waals surface area (Å²) in [4.78, 5) is 48.4. The fraction of sp³-hybridized carbons (Fsp3) is 0.462. The summed E-state index contributed by atoms with van der Waals surface area (Å²) in [6.07, 6.45) is -0.451. The number of amides is 4. The Hall–Kier alpha value is -5.06. The average molecular weight is 780 g/mol. The normalized spacial score (nSPS) is 15.7. The number of rotatable bonds is 19. The first kappa shape index (κ1) is 42.7. The second-order valence-electron chi connectivity index (χ2n) is 14.4. The Kier molecular flexibility index (Phi) is 15.1. The monoisotopic (exact) mass is 779 g/mol. The Balaban J connectivity index is 1.57. The minimum atomic E-state index is -4.09. The standard InChI is InChI=1S/C39H53N7O8S/c1-6-28(4)36(46-20-19-44(38(46)49)25-32-14-10-13-31(41-32)24-43(5)39(50)51)37(48)42-34(21-29-11-8-7-9-12-29)35(47)26-45(23-27(2)3)55(53,54)33-17-15-30(16-18-33)22-40-52/h7-18,22,27-28,34-36,47,52H,6,19-21,23-26H2,1-5H3,(H,42,48)(H,50,51)/b40-22+/t28-,34-,35+,36-/m0/s1. The van der Waals surface area contributed by atoms with Gasteiger partial charge in [-0.3, -0.25) is 9.78 Å². The number of carbonyl (C=O) groups excluding carboxylic acids is 2. The van der Waals surface area contributed by atoms with Gasteiger partial charge in [-0.15, -0.1) is 0 Å². The van der Waals surface area contributed by atoms with Crippen LogP contribution in [0.3, 0.4) is 0 Å². The van der Waals surface area contributed by atoms with E-state index in [9.17, 15) is 33.0 Å². The first-order valence-corrected chi connectivity index (χ1v) is 19.8. The first-order chi connectivity index (χ1) is 26.1. The van der Waals surface area contributed by atoms with Gasteiger partial charge in [0.05, 0.1) is 47.7 Å². The summed E-state index contributed by atoms with van der Waals surface area (Å²) in [5, 5.41) is 36.0. The number of pyridine rings is 1. The molecule has 4 rings (SSSR count). The summed E-state index contributed by atoms with van der Waals surface area (Å²) in [5.41, 5.74) is 2.44. The third kappa shape index (κ3) is 11.5. The molecule has 0 radical (unpaired) electrons. The molecule has 4 atom stereocenters. The zero-order valence-electron chi connectivity index (χ0n) is 32.0. The molecule has 0 unspecified atom stereocenters. The molecule has 0 spiro atoms. The maximum atomic E-state index is 14.4. The van der Waals surface area contributed by atoms with Gasteiger partial charge in [0.2, 0.25) is 15.9 Å². The lowest BCUT2D eigenvalue weighted by atomic mass is 9.95. The SMILES string of the molecule is CC[C@H](C)[C@@H](C(=O)N[C@@H](Cc1ccccc1)[C@H](O)CN(CC(C)C)S(=O)(=O)c1ccc(/C=N/O)cc1)N1CCN(Cc2cccc(CN(C)C(=O)O)n2)C1=O. The molecule has 4 N–H and O–H groups in total. The molecule has 1 aliphatic rings. The van der Waals surface area contributed by atoms with E-state index in [0.29, 0.717) is 29.9 Å². The lowest BCUT2D eigenvalue weighted by Crippen LogP contribution is -2.57. The van der Waals surface area contributed by atoms with E-state index >= 15 is 0 Å². The van der Waals surface area contributed by atoms with Crippen molar-refractivity contribution in [1.29, 1.82) is 0 Å². The van der Waals surface area contributed by atoms with E-state index in [1.807, 2.05) is 58.0 Å². The van der Waals surface area contributed by atoms with Gasteiger partial charge in [0.25, 0.3) is 0 Å². The number of nitrogens with one attached hydrogen (secondary N) is 1. The van der Waals surface area contributed by atoms with Crippen LogP contribution in [0.4, 0.5) is 9.59 Å². The van der Waals surface area contributed by atoms with Crippen LogP contribution in [-0.4, -0.2) is 123 Å². The van der Waals surface area contributed by atoms with Crippen molar-refractivity contribution in [3.63, 3.8) is 0 Å². The maximum Gasteiger partial charge on any atom is 0.407 e. The highest BCUT2D eigenvalue weighted by molar-refractivity contribution is 7.89. The summed E-state index contributed by atoms with van der Waals surface area (Å²) in [5.74, 6) is -0.809. The predicted octanol–water partition coefficient (Wildman–Crippen LogP) is 4.09. The molecule has 0 saturated carbocycles. The lowest BCUT2D eigenvalue weighted by molar-refractivity contribution is -0.128. The van der Waals surface area contributed by atoms with E-state index < -0.39 is 40.2 Å². The van der Waals surface area contributed by atoms with Crippen molar-refractivity contribution in [2.24, 2.45) is 17.0 Å². The summed E-state index contributed by atoms with van der Waals surface area (Å²) in [7, 11) is -2.65. The van der Waals surface area contributed by atoms with Gasteiger partial charge in [0.15, 0.2) is 0 Å². The van der Waals surface area contributed by atoms with Gasteiger partial charge in [0, 0.05) is 33.2 Å². The molecular weight excluding hydrogens is 727 g/mol. The molecule has 298 valence electrons. The van der Waals surface area contributed by atoms with Gasteiger partial charge in [-0.05, 0) is 53.6 Å². The minimum Gasteiger partial charge on any atom is -0.465 e. The Morgan fingerprint density at radius 1 is 0.982 bits per heavy atom. The van der Waals surface area contributed by atoms with Crippen molar-refractivity contribution >= 4 is 34.3 Å². The van der Waals surface area contributed by atoms with Crippen molar-refractivity contribution in [2.75, 3.05) is 33.2 Å². The van der Waals surface area contributed by atoms with E-state index in [2.05, 4.69) is 15.5 Å². The zero-order valence-corrected chi connectivity index (χ0v) is 32.8. The number of hydrogen-bond donors (Lipinski definition) is 4. The number of benzene rings is 2. The fourth-order valence-electron chi connectivity index (χ4n) is 6.52. The van der Waals surface area contributed by atoms with Gasteiger partial charge < -0.3 is 35.4 Å². The van der Waals surface area contributed by atoms with Crippen LogP contribution in [0.5, 0.6) is 0 Å². The Morgan fingerprint density at radius 3 is 2.27 bits per heavy atom. The van der Waals surface area contributed by atoms with Crippen LogP contribution >= 0.6 is 0 Å². The van der Waals surface area contributed by atoms with Gasteiger partial charge in [-0.25, -0.2) is 18.0 Å². The molecule has 1 aromatic heterocycles. The lowest BCUT2D eigenvalue weighted by Gasteiger charge is -2.35. The van der Waals surface area contributed by atoms with Gasteiger partial charge in [-0.2, -0.15) is 4.31 Å². The molecule has 2 aromatic carbocycles. The molecular formula is C39H53N7O8S. The van der Waals surface area contributed by atoms with Gasteiger partial charge in [0.1, 0.15) is 6.04 Å². The maximum absolute atomic E-state index is 14.4. The molecule has 16 heteroatoms. The fourth-order valence-corrected chi connectivity index (χ4v) is 8.14. The number of aliphatic hydroxyl groups excluding tert-OH is 1. The van der Waals surface area contributed by atoms with Crippen molar-refractivity contribution in [3.8, 4) is 0 Å². The molecule has 2 heterocycles. The van der Waals surface area contributed by atoms with Crippen LogP contribution in [0.2, 0.25) is 0 Å². The number of urea groups is 1. The molecule has 4 amide bonds. The zero-order chi connectivity index (χ0) is 40.3. The molecule has 1 saturated heterocycles. The highest BCUT2D eigenvalue weighted by Gasteiger charge is 2.41. The predicted molar refractivity (Wildman–Crippen MR) is 207 cm³/mol. The largest absolute Gasteiger partial charge is 0.465 e. The molecule has 1 aliphatic heterocycles. The highest BCUT2D eigenvalue weighted by atomic mass is 32.2. The van der Waals surface area contributed by atoms with Crippen molar-refractivity contribution < 1.29 is 38.2 Å². The van der Waals surface area contributed by atoms with Gasteiger partial charge in [-0.1, -0.05) is 87.8 Å². The molecule has 1 fully saturated rings. The van der Waals surface area contributed by atoms with Crippen molar-refractivity contribution in [3.05, 3.63) is 95.3 Å². The Labute approximate surface area is 323 Å². The minimum absolute atomic E-state index is 0.00235. The van der Waals surface area contributed by atoms with Crippen LogP contribution in [0.15, 0.2) is 82.8 Å². The highest BCUT2D eigenvalue weighted by Crippen LogP contribution is 2.24. The number of aromatic nitrogens is 1. The quantitative estimate of drug-likeness (QED) is 0.0788. The summed E-state index contributed by atoms with van der Waals surface area (Å²) in [6, 6.07) is 18.2. The van der Waals surface area contributed by atoms with Crippen LogP contribution in [0.25, 0.3) is 0 Å². The van der Waals surface area contributed by atoms with Crippen LogP contribution in [0, 0.1) is 11.8 Å². The van der Waals surface area contributed by atoms with E-state index in [1.165, 1.54) is 46.7 Å². The number of carbonyl (C=O) groups is 3. The number of oxime groups is 1. The third-order valence-electron chi connectivity index (χ3n) is 9.63. The molecule has 0 aliphatic carbocycles. The molecule has 15 nitrogen and oxygen atoms in total. The van der Waals surface area contributed by atoms with E-state index in [1.54, 1.807) is 23.1 Å². The van der Waals surface area contributed by atoms with Crippen LogP contribution < -0.4 is 5.32 Å². The Morgan fingerprint density at radius 2 is 1.65 bits per heavy atom. The van der Waals surface area contributed by atoms with Crippen molar-refractivity contribution in [1.82, 2.24) is 29.3 Å². The summed E-state index contributed by atoms with van der Waals surface area (Å²) >= 11 is 0. The van der Waals surface area contributed by atoms with Crippen LogP contribution in [0.1, 0.15) is 56.6 Å². The van der Waals surface area contributed by atoms with Gasteiger partial charge >= 0.3 is 12.1 Å². The number of nitrogens with zero attached hydrogens (tertiary/aromatic N) is 6. The molecule has 3 aromatic rings. The van der Waals surface area contributed by atoms with E-state index in [0.717, 1.165) is 10.5 Å². The summed E-state index contributed by atoms with van der Waals surface area (Å²) in [6.45, 7) is 8.23. The van der Waals surface area contributed by atoms with Crippen molar-refractivity contribution in [2.45, 2.75) is 76.7 Å². The van der Waals surface area contributed by atoms with Crippen LogP contribution in [-0.2, 0) is 34.3 Å². The smallest absolute Gasteiger partial charge is 0.407 e. The molecule has 0 bridgehead atoms. The van der Waals surface area contributed by atoms with E-state index in [-0.39, 0.29) is 61.9 Å².